The van der Waals surface area contributed by atoms with E-state index in [4.69, 9.17) is 0 Å². The van der Waals surface area contributed by atoms with Crippen LogP contribution in [0.3, 0.4) is 0 Å². The fraction of sp³-hybridized carbons (Fsp3) is 0.636. The van der Waals surface area contributed by atoms with Gasteiger partial charge >= 0.3 is 5.69 Å². The van der Waals surface area contributed by atoms with Crippen LogP contribution in [0.2, 0.25) is 0 Å². The highest BCUT2D eigenvalue weighted by atomic mass is 35.5. The van der Waals surface area contributed by atoms with Gasteiger partial charge in [-0.05, 0) is 24.9 Å². The summed E-state index contributed by atoms with van der Waals surface area (Å²) in [5.41, 5.74) is -1.36. The minimum atomic E-state index is -3.90. The van der Waals surface area contributed by atoms with E-state index in [-0.39, 0.29) is 23.3 Å². The van der Waals surface area contributed by atoms with Crippen molar-refractivity contribution in [2.24, 2.45) is 25.9 Å². The van der Waals surface area contributed by atoms with Gasteiger partial charge in [-0.15, -0.1) is 12.4 Å². The second kappa shape index (κ2) is 5.24. The Morgan fingerprint density at radius 3 is 2.38 bits per heavy atom. The maximum absolute atomic E-state index is 12.3. The van der Waals surface area contributed by atoms with Crippen molar-refractivity contribution in [3.05, 3.63) is 27.0 Å². The quantitative estimate of drug-likeness (QED) is 0.665. The molecule has 1 saturated heterocycles. The smallest absolute Gasteiger partial charge is 0.316 e. The molecule has 21 heavy (non-hydrogen) atoms. The van der Waals surface area contributed by atoms with Crippen LogP contribution in [0.15, 0.2) is 20.7 Å². The number of nitrogens with one attached hydrogen (secondary N) is 2. The molecular formula is C11H17ClN4O4S. The van der Waals surface area contributed by atoms with Crippen LogP contribution in [0, 0.1) is 11.8 Å². The first kappa shape index (κ1) is 16.2. The predicted molar refractivity (Wildman–Crippen MR) is 78.1 cm³/mol. The third-order valence-electron chi connectivity index (χ3n) is 4.09. The molecular weight excluding hydrogens is 320 g/mol. The van der Waals surface area contributed by atoms with E-state index in [0.717, 1.165) is 28.4 Å². The monoisotopic (exact) mass is 336 g/mol. The average molecular weight is 337 g/mol. The summed E-state index contributed by atoms with van der Waals surface area (Å²) in [5, 5.41) is 3.17. The number of rotatable bonds is 3. The largest absolute Gasteiger partial charge is 0.330 e. The summed E-state index contributed by atoms with van der Waals surface area (Å²) in [5.74, 6) is 0.613. The Hall–Kier alpha value is -1.16. The minimum absolute atomic E-state index is 0. The van der Waals surface area contributed by atoms with Gasteiger partial charge in [-0.2, -0.15) is 0 Å². The number of hydrogen-bond acceptors (Lipinski definition) is 5. The van der Waals surface area contributed by atoms with Crippen LogP contribution < -0.4 is 21.3 Å². The Balaban J connectivity index is 0.00000161. The molecule has 1 aliphatic carbocycles. The molecule has 3 rings (SSSR count). The molecule has 8 nitrogen and oxygen atoms in total. The Bertz CT molecular complexity index is 774. The number of piperidine rings is 1. The van der Waals surface area contributed by atoms with E-state index in [0.29, 0.717) is 11.8 Å². The molecule has 2 atom stereocenters. The molecule has 1 aromatic heterocycles. The molecule has 0 bridgehead atoms. The first-order valence-electron chi connectivity index (χ1n) is 6.32. The standard InChI is InChI=1S/C11H16N4O4S.ClH/c1-14-5-8(10(16)15(2)11(14)17)20(18,19)13-9-6-3-12-4-7(6)9;/h5-7,9,12-13H,3-4H2,1-2H3;1H. The number of fused-ring (bicyclic) bond motifs is 1. The highest BCUT2D eigenvalue weighted by Gasteiger charge is 2.54. The lowest BCUT2D eigenvalue weighted by molar-refractivity contribution is 0.557. The van der Waals surface area contributed by atoms with Crippen molar-refractivity contribution >= 4 is 22.4 Å². The lowest BCUT2D eigenvalue weighted by Crippen LogP contribution is -2.42. The maximum Gasteiger partial charge on any atom is 0.330 e. The summed E-state index contributed by atoms with van der Waals surface area (Å²) < 4.78 is 29.0. The van der Waals surface area contributed by atoms with Gasteiger partial charge in [-0.25, -0.2) is 17.9 Å². The molecule has 2 heterocycles. The van der Waals surface area contributed by atoms with E-state index >= 15 is 0 Å². The van der Waals surface area contributed by atoms with E-state index < -0.39 is 21.3 Å². The van der Waals surface area contributed by atoms with Crippen LogP contribution in [0.4, 0.5) is 0 Å². The van der Waals surface area contributed by atoms with E-state index in [1.165, 1.54) is 14.1 Å². The molecule has 0 radical (unpaired) electrons. The Kier molecular flexibility index (Phi) is 4.04. The number of halogens is 1. The van der Waals surface area contributed by atoms with Gasteiger partial charge in [0.05, 0.1) is 0 Å². The van der Waals surface area contributed by atoms with Gasteiger partial charge in [0.1, 0.15) is 0 Å². The van der Waals surface area contributed by atoms with Crippen molar-refractivity contribution in [3.63, 3.8) is 0 Å². The van der Waals surface area contributed by atoms with Crippen LogP contribution in [0.1, 0.15) is 0 Å². The molecule has 2 aliphatic rings. The Morgan fingerprint density at radius 1 is 1.24 bits per heavy atom. The molecule has 2 fully saturated rings. The highest BCUT2D eigenvalue weighted by molar-refractivity contribution is 7.89. The van der Waals surface area contributed by atoms with Crippen LogP contribution in [0.5, 0.6) is 0 Å². The zero-order valence-corrected chi connectivity index (χ0v) is 13.2. The molecule has 1 saturated carbocycles. The van der Waals surface area contributed by atoms with Crippen LogP contribution >= 0.6 is 12.4 Å². The zero-order valence-electron chi connectivity index (χ0n) is 11.6. The number of sulfonamides is 1. The van der Waals surface area contributed by atoms with Gasteiger partial charge in [0.15, 0.2) is 4.90 Å². The minimum Gasteiger partial charge on any atom is -0.316 e. The summed E-state index contributed by atoms with van der Waals surface area (Å²) >= 11 is 0. The van der Waals surface area contributed by atoms with Crippen molar-refractivity contribution in [2.45, 2.75) is 10.9 Å². The lowest BCUT2D eigenvalue weighted by atomic mass is 10.4. The molecule has 1 aliphatic heterocycles. The number of nitrogens with zero attached hydrogens (tertiary/aromatic N) is 2. The first-order valence-corrected chi connectivity index (χ1v) is 7.81. The van der Waals surface area contributed by atoms with Gasteiger partial charge in [-0.3, -0.25) is 9.36 Å². The van der Waals surface area contributed by atoms with Crippen molar-refractivity contribution in [1.82, 2.24) is 19.2 Å². The van der Waals surface area contributed by atoms with Crippen LogP contribution in [-0.2, 0) is 24.1 Å². The fourth-order valence-electron chi connectivity index (χ4n) is 2.80. The van der Waals surface area contributed by atoms with Crippen molar-refractivity contribution in [3.8, 4) is 0 Å². The van der Waals surface area contributed by atoms with E-state index in [9.17, 15) is 18.0 Å². The second-order valence-corrected chi connectivity index (χ2v) is 7.07. The molecule has 0 amide bonds. The van der Waals surface area contributed by atoms with Gasteiger partial charge < -0.3 is 9.88 Å². The zero-order chi connectivity index (χ0) is 14.7. The molecule has 2 unspecified atom stereocenters. The average Bonchev–Trinajstić information content (AvgIpc) is 2.84. The molecule has 1 aromatic rings. The SMILES string of the molecule is Cl.Cn1cc(S(=O)(=O)NC2C3CNCC32)c(=O)n(C)c1=O. The maximum atomic E-state index is 12.3. The van der Waals surface area contributed by atoms with Crippen LogP contribution in [-0.4, -0.2) is 36.7 Å². The van der Waals surface area contributed by atoms with E-state index in [1.54, 1.807) is 0 Å². The fourth-order valence-corrected chi connectivity index (χ4v) is 4.29. The third kappa shape index (κ3) is 2.54. The molecule has 118 valence electrons. The summed E-state index contributed by atoms with van der Waals surface area (Å²) in [4.78, 5) is 23.1. The third-order valence-corrected chi connectivity index (χ3v) is 5.53. The van der Waals surface area contributed by atoms with E-state index in [1.807, 2.05) is 0 Å². The van der Waals surface area contributed by atoms with E-state index in [2.05, 4.69) is 10.0 Å². The van der Waals surface area contributed by atoms with Crippen molar-refractivity contribution in [2.75, 3.05) is 13.1 Å². The molecule has 10 heteroatoms. The first-order chi connectivity index (χ1) is 9.33. The Morgan fingerprint density at radius 2 is 1.81 bits per heavy atom. The van der Waals surface area contributed by atoms with Crippen molar-refractivity contribution in [1.29, 1.82) is 0 Å². The van der Waals surface area contributed by atoms with Crippen molar-refractivity contribution < 1.29 is 8.42 Å². The highest BCUT2D eigenvalue weighted by Crippen LogP contribution is 2.42. The molecule has 2 N–H and O–H groups in total. The van der Waals surface area contributed by atoms with Crippen LogP contribution in [0.25, 0.3) is 0 Å². The summed E-state index contributed by atoms with van der Waals surface area (Å²) in [6.07, 6.45) is 1.07. The normalized spacial score (nSPS) is 27.0. The number of aryl methyl sites for hydroxylation is 1. The number of hydrogen-bond donors (Lipinski definition) is 2. The van der Waals surface area contributed by atoms with Gasteiger partial charge in [0, 0.05) is 26.3 Å². The topological polar surface area (TPSA) is 102 Å². The van der Waals surface area contributed by atoms with Gasteiger partial charge in [0.25, 0.3) is 5.56 Å². The second-order valence-electron chi connectivity index (χ2n) is 5.38. The lowest BCUT2D eigenvalue weighted by Gasteiger charge is -2.10. The molecule has 0 spiro atoms. The predicted octanol–water partition coefficient (Wildman–Crippen LogP) is -2.00. The van der Waals surface area contributed by atoms with Gasteiger partial charge in [0.2, 0.25) is 10.0 Å². The van der Waals surface area contributed by atoms with Gasteiger partial charge in [-0.1, -0.05) is 0 Å². The Labute approximate surface area is 127 Å². The summed E-state index contributed by atoms with van der Waals surface area (Å²) in [6, 6.07) is -0.108. The summed E-state index contributed by atoms with van der Waals surface area (Å²) in [6.45, 7) is 1.59. The number of aromatic nitrogens is 2. The molecule has 0 aromatic carbocycles. The summed E-state index contributed by atoms with van der Waals surface area (Å²) in [7, 11) is -1.23.